The third-order valence-electron chi connectivity index (χ3n) is 4.73. The van der Waals surface area contributed by atoms with Gasteiger partial charge in [0.05, 0.1) is 4.88 Å². The van der Waals surface area contributed by atoms with Crippen LogP contribution >= 0.6 is 22.7 Å². The van der Waals surface area contributed by atoms with E-state index in [4.69, 9.17) is 0 Å². The number of aromatic nitrogens is 2. The standard InChI is InChI=1S/C20H20N4O2S2/c1-13-6-8-15(9-7-13)21-17(25)19-23-22-18(28-19)14-4-2-10-24(12-14)20(26)16-5-3-11-27-16/h3,5-9,11,14H,2,4,10,12H2,1H3,(H,21,25). The van der Waals surface area contributed by atoms with Crippen LogP contribution in [0.25, 0.3) is 0 Å². The summed E-state index contributed by atoms with van der Waals surface area (Å²) >= 11 is 2.77. The second-order valence-electron chi connectivity index (χ2n) is 6.83. The topological polar surface area (TPSA) is 75.2 Å². The molecule has 1 aliphatic rings. The predicted molar refractivity (Wildman–Crippen MR) is 111 cm³/mol. The van der Waals surface area contributed by atoms with Gasteiger partial charge in [-0.2, -0.15) is 0 Å². The fourth-order valence-electron chi connectivity index (χ4n) is 3.23. The van der Waals surface area contributed by atoms with Crippen molar-refractivity contribution < 1.29 is 9.59 Å². The molecule has 1 aromatic carbocycles. The minimum atomic E-state index is -0.255. The molecule has 28 heavy (non-hydrogen) atoms. The van der Waals surface area contributed by atoms with Crippen molar-refractivity contribution in [3.05, 3.63) is 62.2 Å². The normalized spacial score (nSPS) is 16.8. The van der Waals surface area contributed by atoms with Crippen molar-refractivity contribution >= 4 is 40.2 Å². The Morgan fingerprint density at radius 1 is 1.18 bits per heavy atom. The molecule has 2 aromatic heterocycles. The summed E-state index contributed by atoms with van der Waals surface area (Å²) in [7, 11) is 0. The Balaban J connectivity index is 1.42. The van der Waals surface area contributed by atoms with Crippen LogP contribution in [0.15, 0.2) is 41.8 Å². The van der Waals surface area contributed by atoms with Crippen molar-refractivity contribution in [1.82, 2.24) is 15.1 Å². The van der Waals surface area contributed by atoms with Gasteiger partial charge in [-0.05, 0) is 43.3 Å². The largest absolute Gasteiger partial charge is 0.337 e. The van der Waals surface area contributed by atoms with Crippen molar-refractivity contribution in [2.75, 3.05) is 18.4 Å². The van der Waals surface area contributed by atoms with Gasteiger partial charge in [-0.3, -0.25) is 9.59 Å². The zero-order valence-corrected chi connectivity index (χ0v) is 17.1. The Bertz CT molecular complexity index is 967. The van der Waals surface area contributed by atoms with Gasteiger partial charge in [0.2, 0.25) is 5.01 Å². The quantitative estimate of drug-likeness (QED) is 0.697. The van der Waals surface area contributed by atoms with Crippen molar-refractivity contribution in [3.8, 4) is 0 Å². The molecule has 1 fully saturated rings. The third kappa shape index (κ3) is 4.13. The third-order valence-corrected chi connectivity index (χ3v) is 6.68. The Morgan fingerprint density at radius 2 is 2.00 bits per heavy atom. The lowest BCUT2D eigenvalue weighted by molar-refractivity contribution is 0.0711. The van der Waals surface area contributed by atoms with E-state index in [-0.39, 0.29) is 17.7 Å². The Labute approximate surface area is 171 Å². The average Bonchev–Trinajstić information content (AvgIpc) is 3.41. The highest BCUT2D eigenvalue weighted by molar-refractivity contribution is 7.13. The van der Waals surface area contributed by atoms with Crippen molar-refractivity contribution in [1.29, 1.82) is 0 Å². The molecule has 3 heterocycles. The summed E-state index contributed by atoms with van der Waals surface area (Å²) in [6, 6.07) is 11.4. The van der Waals surface area contributed by atoms with Crippen LogP contribution in [0.5, 0.6) is 0 Å². The molecule has 144 valence electrons. The number of hydrogen-bond acceptors (Lipinski definition) is 6. The van der Waals surface area contributed by atoms with Crippen LogP contribution < -0.4 is 5.32 Å². The average molecular weight is 413 g/mol. The minimum Gasteiger partial charge on any atom is -0.337 e. The molecule has 3 aromatic rings. The lowest BCUT2D eigenvalue weighted by Crippen LogP contribution is -2.38. The summed E-state index contributed by atoms with van der Waals surface area (Å²) in [5.74, 6) is -0.0624. The van der Waals surface area contributed by atoms with Crippen LogP contribution in [0.3, 0.4) is 0 Å². The molecule has 0 radical (unpaired) electrons. The van der Waals surface area contributed by atoms with Gasteiger partial charge < -0.3 is 10.2 Å². The number of nitrogens with zero attached hydrogens (tertiary/aromatic N) is 3. The molecule has 0 aliphatic carbocycles. The molecule has 0 saturated carbocycles. The highest BCUT2D eigenvalue weighted by Gasteiger charge is 2.28. The van der Waals surface area contributed by atoms with Crippen LogP contribution in [0, 0.1) is 6.92 Å². The molecular weight excluding hydrogens is 392 g/mol. The Hall–Kier alpha value is -2.58. The maximum absolute atomic E-state index is 12.6. The summed E-state index contributed by atoms with van der Waals surface area (Å²) < 4.78 is 0. The fourth-order valence-corrected chi connectivity index (χ4v) is 4.79. The number of rotatable bonds is 4. The van der Waals surface area contributed by atoms with Crippen molar-refractivity contribution in [2.45, 2.75) is 25.7 Å². The summed E-state index contributed by atoms with van der Waals surface area (Å²) in [5, 5.41) is 14.3. The van der Waals surface area contributed by atoms with Gasteiger partial charge in [-0.15, -0.1) is 21.5 Å². The molecule has 4 rings (SSSR count). The molecule has 0 bridgehead atoms. The molecule has 1 N–H and O–H groups in total. The SMILES string of the molecule is Cc1ccc(NC(=O)c2nnc(C3CCCN(C(=O)c4cccs4)C3)s2)cc1. The van der Waals surface area contributed by atoms with Crippen LogP contribution in [-0.2, 0) is 0 Å². The highest BCUT2D eigenvalue weighted by atomic mass is 32.1. The van der Waals surface area contributed by atoms with E-state index >= 15 is 0 Å². The monoisotopic (exact) mass is 412 g/mol. The number of benzene rings is 1. The minimum absolute atomic E-state index is 0.0709. The number of piperidine rings is 1. The van der Waals surface area contributed by atoms with Gasteiger partial charge in [-0.25, -0.2) is 0 Å². The van der Waals surface area contributed by atoms with E-state index < -0.39 is 0 Å². The number of nitrogens with one attached hydrogen (secondary N) is 1. The van der Waals surface area contributed by atoms with E-state index in [1.54, 1.807) is 0 Å². The first-order valence-corrected chi connectivity index (χ1v) is 10.8. The second-order valence-corrected chi connectivity index (χ2v) is 8.79. The molecule has 1 atom stereocenters. The Morgan fingerprint density at radius 3 is 2.75 bits per heavy atom. The van der Waals surface area contributed by atoms with Gasteiger partial charge in [-0.1, -0.05) is 35.1 Å². The number of anilines is 1. The smallest absolute Gasteiger partial charge is 0.286 e. The lowest BCUT2D eigenvalue weighted by atomic mass is 9.98. The maximum atomic E-state index is 12.6. The number of aryl methyl sites for hydroxylation is 1. The number of amides is 2. The molecule has 8 heteroatoms. The summed E-state index contributed by atoms with van der Waals surface area (Å²) in [5.41, 5.74) is 1.87. The summed E-state index contributed by atoms with van der Waals surface area (Å²) in [4.78, 5) is 27.7. The van der Waals surface area contributed by atoms with Gasteiger partial charge in [0.1, 0.15) is 5.01 Å². The lowest BCUT2D eigenvalue weighted by Gasteiger charge is -2.31. The van der Waals surface area contributed by atoms with E-state index in [0.717, 1.165) is 40.5 Å². The first-order chi connectivity index (χ1) is 13.6. The number of thiophene rings is 1. The van der Waals surface area contributed by atoms with E-state index in [1.165, 1.54) is 22.7 Å². The number of carbonyl (C=O) groups excluding carboxylic acids is 2. The summed E-state index contributed by atoms with van der Waals surface area (Å²) in [6.07, 6.45) is 1.87. The highest BCUT2D eigenvalue weighted by Crippen LogP contribution is 2.30. The predicted octanol–water partition coefficient (Wildman–Crippen LogP) is 4.18. The van der Waals surface area contributed by atoms with Gasteiger partial charge in [0.25, 0.3) is 11.8 Å². The fraction of sp³-hybridized carbons (Fsp3) is 0.300. The molecule has 2 amide bonds. The first-order valence-electron chi connectivity index (χ1n) is 9.14. The molecule has 6 nitrogen and oxygen atoms in total. The van der Waals surface area contributed by atoms with E-state index in [0.29, 0.717) is 11.6 Å². The van der Waals surface area contributed by atoms with Crippen LogP contribution in [0.2, 0.25) is 0 Å². The summed E-state index contributed by atoms with van der Waals surface area (Å²) in [6.45, 7) is 3.37. The Kier molecular flexibility index (Phi) is 5.50. The molecule has 1 saturated heterocycles. The van der Waals surface area contributed by atoms with Gasteiger partial charge >= 0.3 is 0 Å². The van der Waals surface area contributed by atoms with Crippen molar-refractivity contribution in [2.24, 2.45) is 0 Å². The van der Waals surface area contributed by atoms with Gasteiger partial charge in [0.15, 0.2) is 0 Å². The van der Waals surface area contributed by atoms with E-state index in [2.05, 4.69) is 15.5 Å². The number of carbonyl (C=O) groups is 2. The van der Waals surface area contributed by atoms with Crippen LogP contribution in [-0.4, -0.2) is 40.0 Å². The van der Waals surface area contributed by atoms with E-state index in [9.17, 15) is 9.59 Å². The van der Waals surface area contributed by atoms with Gasteiger partial charge in [0, 0.05) is 24.7 Å². The van der Waals surface area contributed by atoms with Crippen molar-refractivity contribution in [3.63, 3.8) is 0 Å². The van der Waals surface area contributed by atoms with E-state index in [1.807, 2.05) is 53.6 Å². The van der Waals surface area contributed by atoms with Crippen LogP contribution in [0.4, 0.5) is 5.69 Å². The number of hydrogen-bond donors (Lipinski definition) is 1. The number of likely N-dealkylation sites (tertiary alicyclic amines) is 1. The maximum Gasteiger partial charge on any atom is 0.286 e. The molecular formula is C20H20N4O2S2. The molecule has 1 unspecified atom stereocenters. The van der Waals surface area contributed by atoms with Crippen LogP contribution in [0.1, 0.15) is 48.8 Å². The second kappa shape index (κ2) is 8.20. The zero-order valence-electron chi connectivity index (χ0n) is 15.4. The molecule has 1 aliphatic heterocycles. The zero-order chi connectivity index (χ0) is 19.5. The molecule has 0 spiro atoms. The first kappa shape index (κ1) is 18.8.